The molecule has 2 aromatic heterocycles. The minimum atomic E-state index is -0.296. The highest BCUT2D eigenvalue weighted by Gasteiger charge is 2.25. The van der Waals surface area contributed by atoms with Crippen LogP contribution in [-0.4, -0.2) is 55.9 Å². The number of carbonyl (C=O) groups excluding carboxylic acids is 2. The van der Waals surface area contributed by atoms with E-state index in [1.54, 1.807) is 40.9 Å². The van der Waals surface area contributed by atoms with Crippen LogP contribution >= 0.6 is 0 Å². The Morgan fingerprint density at radius 2 is 1.85 bits per heavy atom. The number of benzene rings is 1. The highest BCUT2D eigenvalue weighted by atomic mass is 19.1. The second kappa shape index (κ2) is 9.56. The number of likely N-dealkylation sites (tertiary alicyclic amines) is 1. The molecule has 0 spiro atoms. The molecule has 9 heteroatoms. The van der Waals surface area contributed by atoms with Crippen molar-refractivity contribution in [2.45, 2.75) is 33.1 Å². The van der Waals surface area contributed by atoms with Crippen molar-refractivity contribution in [3.63, 3.8) is 0 Å². The third-order valence-corrected chi connectivity index (χ3v) is 6.33. The lowest BCUT2D eigenvalue weighted by Gasteiger charge is -2.32. The summed E-state index contributed by atoms with van der Waals surface area (Å²) in [6, 6.07) is 6.16. The van der Waals surface area contributed by atoms with Gasteiger partial charge in [-0.3, -0.25) is 14.3 Å². The second-order valence-corrected chi connectivity index (χ2v) is 8.65. The predicted molar refractivity (Wildman–Crippen MR) is 122 cm³/mol. The van der Waals surface area contributed by atoms with Gasteiger partial charge in [-0.15, -0.1) is 0 Å². The van der Waals surface area contributed by atoms with Gasteiger partial charge in [0.2, 0.25) is 5.91 Å². The Morgan fingerprint density at radius 1 is 1.15 bits per heavy atom. The molecule has 4 rings (SSSR count). The highest BCUT2D eigenvalue weighted by Crippen LogP contribution is 2.22. The largest absolute Gasteiger partial charge is 0.352 e. The summed E-state index contributed by atoms with van der Waals surface area (Å²) in [6.45, 7) is 5.78. The fraction of sp³-hybridized carbons (Fsp3) is 0.417. The minimum absolute atomic E-state index is 0.0812. The zero-order valence-electron chi connectivity index (χ0n) is 19.2. The van der Waals surface area contributed by atoms with Gasteiger partial charge in [0, 0.05) is 44.1 Å². The second-order valence-electron chi connectivity index (χ2n) is 8.65. The van der Waals surface area contributed by atoms with Gasteiger partial charge in [0.05, 0.1) is 29.6 Å². The Hall–Kier alpha value is -3.49. The maximum absolute atomic E-state index is 13.3. The topological polar surface area (TPSA) is 85.1 Å². The summed E-state index contributed by atoms with van der Waals surface area (Å²) in [5.74, 6) is 0.0125. The molecule has 2 amide bonds. The average Bonchev–Trinajstić information content (AvgIpc) is 3.37. The summed E-state index contributed by atoms with van der Waals surface area (Å²) in [6.07, 6.45) is 5.25. The van der Waals surface area contributed by atoms with Crippen LogP contribution in [0, 0.1) is 25.6 Å². The average molecular weight is 453 g/mol. The molecule has 1 fully saturated rings. The number of aromatic nitrogens is 4. The minimum Gasteiger partial charge on any atom is -0.352 e. The van der Waals surface area contributed by atoms with Crippen LogP contribution in [-0.2, 0) is 18.3 Å². The van der Waals surface area contributed by atoms with Gasteiger partial charge >= 0.3 is 0 Å². The molecular formula is C24H29FN6O2. The van der Waals surface area contributed by atoms with E-state index in [-0.39, 0.29) is 17.6 Å². The first-order valence-electron chi connectivity index (χ1n) is 11.2. The van der Waals surface area contributed by atoms with Crippen molar-refractivity contribution in [3.8, 4) is 5.69 Å². The fourth-order valence-electron chi connectivity index (χ4n) is 4.29. The van der Waals surface area contributed by atoms with Crippen molar-refractivity contribution >= 4 is 11.8 Å². The van der Waals surface area contributed by atoms with E-state index in [4.69, 9.17) is 0 Å². The summed E-state index contributed by atoms with van der Waals surface area (Å²) < 4.78 is 16.6. The van der Waals surface area contributed by atoms with Gasteiger partial charge in [0.15, 0.2) is 0 Å². The van der Waals surface area contributed by atoms with Crippen LogP contribution in [0.1, 0.15) is 40.2 Å². The molecule has 1 aliphatic heterocycles. The first kappa shape index (κ1) is 22.7. The molecule has 8 nitrogen and oxygen atoms in total. The van der Waals surface area contributed by atoms with Gasteiger partial charge in [-0.2, -0.15) is 10.2 Å². The maximum Gasteiger partial charge on any atom is 0.254 e. The summed E-state index contributed by atoms with van der Waals surface area (Å²) >= 11 is 0. The third kappa shape index (κ3) is 5.13. The van der Waals surface area contributed by atoms with Crippen LogP contribution in [0.15, 0.2) is 36.7 Å². The summed E-state index contributed by atoms with van der Waals surface area (Å²) in [5, 5.41) is 11.6. The Bertz CT molecular complexity index is 1140. The number of carbonyl (C=O) groups is 2. The van der Waals surface area contributed by atoms with Crippen LogP contribution in [0.2, 0.25) is 0 Å². The number of amides is 2. The molecule has 1 aromatic carbocycles. The van der Waals surface area contributed by atoms with Crippen molar-refractivity contribution in [2.24, 2.45) is 13.0 Å². The van der Waals surface area contributed by atoms with Crippen LogP contribution in [0.4, 0.5) is 4.39 Å². The first-order chi connectivity index (χ1) is 15.8. The molecule has 1 N–H and O–H groups in total. The molecule has 174 valence electrons. The van der Waals surface area contributed by atoms with Crippen LogP contribution in [0.25, 0.3) is 5.69 Å². The monoisotopic (exact) mass is 452 g/mol. The first-order valence-corrected chi connectivity index (χ1v) is 11.2. The van der Waals surface area contributed by atoms with E-state index in [0.29, 0.717) is 37.5 Å². The Morgan fingerprint density at radius 3 is 2.48 bits per heavy atom. The lowest BCUT2D eigenvalue weighted by atomic mass is 9.96. The maximum atomic E-state index is 13.3. The molecule has 0 unspecified atom stereocenters. The summed E-state index contributed by atoms with van der Waals surface area (Å²) in [7, 11) is 1.78. The van der Waals surface area contributed by atoms with E-state index in [1.807, 2.05) is 18.7 Å². The molecule has 0 radical (unpaired) electrons. The zero-order chi connectivity index (χ0) is 23.5. The van der Waals surface area contributed by atoms with Gasteiger partial charge < -0.3 is 10.2 Å². The number of hydrogen-bond acceptors (Lipinski definition) is 4. The van der Waals surface area contributed by atoms with Crippen molar-refractivity contribution in [1.29, 1.82) is 0 Å². The molecule has 3 aromatic rings. The molecule has 0 saturated carbocycles. The Labute approximate surface area is 192 Å². The predicted octanol–water partition coefficient (Wildman–Crippen LogP) is 2.57. The van der Waals surface area contributed by atoms with E-state index in [0.717, 1.165) is 35.5 Å². The molecule has 0 aliphatic carbocycles. The van der Waals surface area contributed by atoms with E-state index in [2.05, 4.69) is 15.5 Å². The number of hydrogen-bond donors (Lipinski definition) is 1. The molecular weight excluding hydrogens is 423 g/mol. The number of aryl methyl sites for hydroxylation is 2. The van der Waals surface area contributed by atoms with Crippen LogP contribution in [0.5, 0.6) is 0 Å². The van der Waals surface area contributed by atoms with Crippen LogP contribution < -0.4 is 5.32 Å². The van der Waals surface area contributed by atoms with Crippen molar-refractivity contribution in [1.82, 2.24) is 29.8 Å². The van der Waals surface area contributed by atoms with Crippen molar-refractivity contribution in [2.75, 3.05) is 19.6 Å². The van der Waals surface area contributed by atoms with Crippen molar-refractivity contribution < 1.29 is 14.0 Å². The lowest BCUT2D eigenvalue weighted by Crippen LogP contribution is -2.42. The molecule has 3 heterocycles. The molecule has 0 bridgehead atoms. The zero-order valence-corrected chi connectivity index (χ0v) is 19.2. The van der Waals surface area contributed by atoms with Gasteiger partial charge in [0.25, 0.3) is 5.91 Å². The number of rotatable bonds is 6. The van der Waals surface area contributed by atoms with E-state index >= 15 is 0 Å². The van der Waals surface area contributed by atoms with Crippen LogP contribution in [0.3, 0.4) is 0 Å². The van der Waals surface area contributed by atoms with Crippen molar-refractivity contribution in [3.05, 3.63) is 65.0 Å². The molecule has 0 atom stereocenters. The Balaban J connectivity index is 1.30. The standard InChI is InChI=1S/C24H29FN6O2/c1-16-22(17(2)31(28-16)21-6-4-20(25)5-7-21)12-23(32)30-10-8-18(9-11-30)13-26-24(33)19-14-27-29(3)15-19/h4-7,14-15,18H,8-13H2,1-3H3,(H,26,33). The normalized spacial score (nSPS) is 14.5. The van der Waals surface area contributed by atoms with Gasteiger partial charge in [-0.1, -0.05) is 0 Å². The summed E-state index contributed by atoms with van der Waals surface area (Å²) in [4.78, 5) is 27.1. The number of nitrogens with zero attached hydrogens (tertiary/aromatic N) is 5. The quantitative estimate of drug-likeness (QED) is 0.623. The number of piperidine rings is 1. The smallest absolute Gasteiger partial charge is 0.254 e. The highest BCUT2D eigenvalue weighted by molar-refractivity contribution is 5.93. The molecule has 1 saturated heterocycles. The lowest BCUT2D eigenvalue weighted by molar-refractivity contribution is -0.131. The number of nitrogens with one attached hydrogen (secondary N) is 1. The van der Waals surface area contributed by atoms with Gasteiger partial charge in [-0.25, -0.2) is 9.07 Å². The van der Waals surface area contributed by atoms with E-state index in [1.165, 1.54) is 12.1 Å². The molecule has 1 aliphatic rings. The molecule has 33 heavy (non-hydrogen) atoms. The SMILES string of the molecule is Cc1nn(-c2ccc(F)cc2)c(C)c1CC(=O)N1CCC(CNC(=O)c2cnn(C)c2)CC1. The summed E-state index contributed by atoms with van der Waals surface area (Å²) in [5.41, 5.74) is 3.93. The fourth-order valence-corrected chi connectivity index (χ4v) is 4.29. The Kier molecular flexibility index (Phi) is 6.57. The van der Waals surface area contributed by atoms with Gasteiger partial charge in [-0.05, 0) is 56.9 Å². The van der Waals surface area contributed by atoms with E-state index in [9.17, 15) is 14.0 Å². The third-order valence-electron chi connectivity index (χ3n) is 6.33. The van der Waals surface area contributed by atoms with Gasteiger partial charge in [0.1, 0.15) is 5.82 Å². The number of halogens is 1. The van der Waals surface area contributed by atoms with E-state index < -0.39 is 0 Å².